The Balaban J connectivity index is 5.57. The van der Waals surface area contributed by atoms with Gasteiger partial charge in [-0.2, -0.15) is 29.0 Å². The molecular formula is C10H10F3N3O2S. The quantitative estimate of drug-likeness (QED) is 0.698. The summed E-state index contributed by atoms with van der Waals surface area (Å²) in [5, 5.41) is 25.6. The molecule has 0 aliphatic heterocycles. The first kappa shape index (κ1) is 17.2. The molecule has 5 nitrogen and oxygen atoms in total. The van der Waals surface area contributed by atoms with E-state index in [-0.39, 0.29) is 12.8 Å². The minimum atomic E-state index is -5.72. The number of hydrogen-bond donors (Lipinski definition) is 0. The second kappa shape index (κ2) is 6.40. The van der Waals surface area contributed by atoms with E-state index in [1.54, 1.807) is 6.07 Å². The minimum absolute atomic E-state index is 0.162. The molecule has 0 aromatic rings. The number of halogens is 3. The van der Waals surface area contributed by atoms with E-state index in [2.05, 4.69) is 0 Å². The van der Waals surface area contributed by atoms with Gasteiger partial charge in [-0.3, -0.25) is 0 Å². The predicted molar refractivity (Wildman–Crippen MR) is 57.6 cm³/mol. The molecule has 0 bridgehead atoms. The Bertz CT molecular complexity index is 536. The van der Waals surface area contributed by atoms with Crippen molar-refractivity contribution in [1.29, 1.82) is 15.8 Å². The van der Waals surface area contributed by atoms with Crippen LogP contribution in [0.4, 0.5) is 13.2 Å². The fraction of sp³-hybridized carbons (Fsp3) is 0.700. The molecule has 0 spiro atoms. The summed E-state index contributed by atoms with van der Waals surface area (Å²) >= 11 is 0. The molecule has 0 aliphatic carbocycles. The van der Waals surface area contributed by atoms with Gasteiger partial charge in [0.05, 0.1) is 18.2 Å². The van der Waals surface area contributed by atoms with Crippen LogP contribution in [0.2, 0.25) is 0 Å². The average Bonchev–Trinajstić information content (AvgIpc) is 2.32. The molecule has 0 fully saturated rings. The molecule has 104 valence electrons. The van der Waals surface area contributed by atoms with E-state index >= 15 is 0 Å². The third-order valence-electron chi connectivity index (χ3n) is 2.53. The van der Waals surface area contributed by atoms with Crippen molar-refractivity contribution in [3.63, 3.8) is 0 Å². The topological polar surface area (TPSA) is 106 Å². The van der Waals surface area contributed by atoms with Gasteiger partial charge in [-0.15, -0.1) is 0 Å². The number of unbranched alkanes of at least 4 members (excludes halogenated alkanes) is 1. The highest BCUT2D eigenvalue weighted by molar-refractivity contribution is 7.93. The van der Waals surface area contributed by atoms with Crippen molar-refractivity contribution in [3.05, 3.63) is 0 Å². The van der Waals surface area contributed by atoms with Crippen LogP contribution in [-0.4, -0.2) is 18.7 Å². The molecule has 1 unspecified atom stereocenters. The maximum atomic E-state index is 12.6. The van der Waals surface area contributed by atoms with Gasteiger partial charge in [0.1, 0.15) is 0 Å². The molecule has 0 radical (unpaired) electrons. The molecule has 19 heavy (non-hydrogen) atoms. The zero-order chi connectivity index (χ0) is 15.2. The van der Waals surface area contributed by atoms with Gasteiger partial charge in [0, 0.05) is 12.8 Å². The molecular weight excluding hydrogens is 283 g/mol. The number of nitrogens with zero attached hydrogens (tertiary/aromatic N) is 3. The van der Waals surface area contributed by atoms with Gasteiger partial charge in [0.2, 0.25) is 0 Å². The fourth-order valence-corrected chi connectivity index (χ4v) is 2.85. The Hall–Kier alpha value is -1.79. The third kappa shape index (κ3) is 3.59. The monoisotopic (exact) mass is 293 g/mol. The van der Waals surface area contributed by atoms with Crippen LogP contribution in [0.3, 0.4) is 0 Å². The van der Waals surface area contributed by atoms with Crippen LogP contribution < -0.4 is 0 Å². The average molecular weight is 293 g/mol. The Kier molecular flexibility index (Phi) is 5.80. The summed E-state index contributed by atoms with van der Waals surface area (Å²) in [4.78, 5) is 0. The first-order valence-corrected chi connectivity index (χ1v) is 6.63. The Morgan fingerprint density at radius 2 is 1.47 bits per heavy atom. The number of alkyl halides is 3. The van der Waals surface area contributed by atoms with Crippen molar-refractivity contribution in [2.24, 2.45) is 0 Å². The van der Waals surface area contributed by atoms with E-state index < -0.39 is 39.4 Å². The van der Waals surface area contributed by atoms with E-state index in [1.165, 1.54) is 12.1 Å². The van der Waals surface area contributed by atoms with E-state index in [0.29, 0.717) is 0 Å². The lowest BCUT2D eigenvalue weighted by atomic mass is 9.97. The number of sulfone groups is 1. The Morgan fingerprint density at radius 1 is 0.947 bits per heavy atom. The van der Waals surface area contributed by atoms with Gasteiger partial charge in [0.15, 0.2) is 4.75 Å². The lowest BCUT2D eigenvalue weighted by molar-refractivity contribution is -0.0455. The van der Waals surface area contributed by atoms with Crippen molar-refractivity contribution in [1.82, 2.24) is 0 Å². The molecule has 0 aromatic heterocycles. The predicted octanol–water partition coefficient (Wildman–Crippen LogP) is 2.18. The normalized spacial score (nSPS) is 14.7. The molecule has 1 atom stereocenters. The van der Waals surface area contributed by atoms with Crippen LogP contribution in [0.5, 0.6) is 0 Å². The second-order valence-electron chi connectivity index (χ2n) is 3.73. The highest BCUT2D eigenvalue weighted by Crippen LogP contribution is 2.39. The van der Waals surface area contributed by atoms with Crippen LogP contribution >= 0.6 is 0 Å². The Morgan fingerprint density at radius 3 is 1.84 bits per heavy atom. The van der Waals surface area contributed by atoms with E-state index in [0.717, 1.165) is 0 Å². The largest absolute Gasteiger partial charge is 0.498 e. The van der Waals surface area contributed by atoms with Crippen LogP contribution in [0.1, 0.15) is 32.1 Å². The zero-order valence-corrected chi connectivity index (χ0v) is 10.6. The van der Waals surface area contributed by atoms with Gasteiger partial charge < -0.3 is 0 Å². The first-order valence-electron chi connectivity index (χ1n) is 5.14. The lowest BCUT2D eigenvalue weighted by Crippen LogP contribution is -2.45. The summed E-state index contributed by atoms with van der Waals surface area (Å²) in [5.41, 5.74) is -5.56. The summed E-state index contributed by atoms with van der Waals surface area (Å²) < 4.78 is 57.9. The van der Waals surface area contributed by atoms with Gasteiger partial charge in [0.25, 0.3) is 9.84 Å². The standard InChI is InChI=1S/C10H10F3N3O2S/c11-10(12,13)19(17,18)9(8-16,5-3-7-15)4-1-2-6-14/h1-5H2. The van der Waals surface area contributed by atoms with E-state index in [1.807, 2.05) is 0 Å². The summed E-state index contributed by atoms with van der Waals surface area (Å²) in [6.07, 6.45) is -2.17. The molecule has 0 amide bonds. The van der Waals surface area contributed by atoms with Gasteiger partial charge in [-0.1, -0.05) is 0 Å². The summed E-state index contributed by atoms with van der Waals surface area (Å²) in [7, 11) is -5.72. The summed E-state index contributed by atoms with van der Waals surface area (Å²) in [5.74, 6) is 0. The van der Waals surface area contributed by atoms with Crippen LogP contribution in [0.15, 0.2) is 0 Å². The summed E-state index contributed by atoms with van der Waals surface area (Å²) in [6, 6.07) is 4.37. The number of hydrogen-bond acceptors (Lipinski definition) is 5. The number of nitriles is 3. The number of rotatable bonds is 6. The minimum Gasteiger partial charge on any atom is -0.218 e. The van der Waals surface area contributed by atoms with Crippen LogP contribution in [-0.2, 0) is 9.84 Å². The molecule has 0 heterocycles. The highest BCUT2D eigenvalue weighted by atomic mass is 32.2. The maximum absolute atomic E-state index is 12.6. The van der Waals surface area contributed by atoms with Crippen molar-refractivity contribution in [2.75, 3.05) is 0 Å². The SMILES string of the molecule is N#CCCCC(C#N)(CCC#N)S(=O)(=O)C(F)(F)F. The lowest BCUT2D eigenvalue weighted by Gasteiger charge is -2.26. The molecule has 0 aromatic carbocycles. The van der Waals surface area contributed by atoms with Crippen molar-refractivity contribution < 1.29 is 21.6 Å². The molecule has 0 saturated carbocycles. The van der Waals surface area contributed by atoms with Crippen LogP contribution in [0, 0.1) is 34.0 Å². The van der Waals surface area contributed by atoms with Gasteiger partial charge >= 0.3 is 5.51 Å². The van der Waals surface area contributed by atoms with Crippen molar-refractivity contribution in [2.45, 2.75) is 42.4 Å². The van der Waals surface area contributed by atoms with E-state index in [4.69, 9.17) is 15.8 Å². The Labute approximate surface area is 108 Å². The summed E-state index contributed by atoms with van der Waals surface area (Å²) in [6.45, 7) is 0. The van der Waals surface area contributed by atoms with Gasteiger partial charge in [-0.25, -0.2) is 8.42 Å². The molecule has 9 heteroatoms. The highest BCUT2D eigenvalue weighted by Gasteiger charge is 2.59. The third-order valence-corrected chi connectivity index (χ3v) is 4.67. The van der Waals surface area contributed by atoms with Gasteiger partial charge in [-0.05, 0) is 19.3 Å². The molecule has 0 saturated heterocycles. The van der Waals surface area contributed by atoms with E-state index in [9.17, 15) is 21.6 Å². The van der Waals surface area contributed by atoms with Crippen LogP contribution in [0.25, 0.3) is 0 Å². The first-order chi connectivity index (χ1) is 8.68. The van der Waals surface area contributed by atoms with Crippen molar-refractivity contribution in [3.8, 4) is 18.2 Å². The fourth-order valence-electron chi connectivity index (χ4n) is 1.50. The maximum Gasteiger partial charge on any atom is 0.498 e. The second-order valence-corrected chi connectivity index (χ2v) is 5.98. The zero-order valence-electron chi connectivity index (χ0n) is 9.74. The van der Waals surface area contributed by atoms with Crippen molar-refractivity contribution >= 4 is 9.84 Å². The molecule has 0 N–H and O–H groups in total. The molecule has 0 aliphatic rings. The molecule has 0 rings (SSSR count). The smallest absolute Gasteiger partial charge is 0.218 e.